The molecule has 0 aliphatic heterocycles. The molecule has 0 amide bonds. The van der Waals surface area contributed by atoms with Crippen LogP contribution in [0, 0.1) is 17.7 Å². The minimum Gasteiger partial charge on any atom is -0.205 e. The van der Waals surface area contributed by atoms with Crippen LogP contribution in [0.3, 0.4) is 0 Å². The Morgan fingerprint density at radius 3 is 2.38 bits per heavy atom. The number of pyridine rings is 1. The predicted molar refractivity (Wildman–Crippen MR) is 94.2 cm³/mol. The highest BCUT2D eigenvalue weighted by molar-refractivity contribution is 6.32. The lowest BCUT2D eigenvalue weighted by Crippen LogP contribution is -2.13. The van der Waals surface area contributed by atoms with E-state index in [1.54, 1.807) is 0 Å². The highest BCUT2D eigenvalue weighted by Gasteiger charge is 2.22. The molecule has 24 heavy (non-hydrogen) atoms. The lowest BCUT2D eigenvalue weighted by molar-refractivity contribution is 0.308. The summed E-state index contributed by atoms with van der Waals surface area (Å²) < 4.78 is 26.5. The van der Waals surface area contributed by atoms with E-state index in [4.69, 9.17) is 11.6 Å². The summed E-state index contributed by atoms with van der Waals surface area (Å²) >= 11 is 5.95. The fraction of sp³-hybridized carbons (Fsp3) is 0.450. The van der Waals surface area contributed by atoms with Gasteiger partial charge in [-0.3, -0.25) is 0 Å². The summed E-state index contributed by atoms with van der Waals surface area (Å²) in [5.74, 6) is -0.653. The van der Waals surface area contributed by atoms with E-state index in [-0.39, 0.29) is 5.15 Å². The molecule has 1 saturated carbocycles. The average molecular weight is 350 g/mol. The maximum Gasteiger partial charge on any atom is 0.250 e. The molecule has 3 rings (SSSR count). The van der Waals surface area contributed by atoms with Gasteiger partial charge in [-0.1, -0.05) is 55.6 Å². The van der Waals surface area contributed by atoms with Gasteiger partial charge < -0.3 is 0 Å². The zero-order valence-electron chi connectivity index (χ0n) is 13.9. The van der Waals surface area contributed by atoms with Gasteiger partial charge in [-0.2, -0.15) is 4.39 Å². The first-order valence-electron chi connectivity index (χ1n) is 8.70. The lowest BCUT2D eigenvalue weighted by Gasteiger charge is -2.28. The molecule has 4 heteroatoms. The Morgan fingerprint density at radius 2 is 1.75 bits per heavy atom. The van der Waals surface area contributed by atoms with E-state index in [1.165, 1.54) is 44.1 Å². The SMILES string of the molecule is CCCC1CCC(c2ccc(-c3cc(F)c(F)nc3Cl)cc2)CC1. The highest BCUT2D eigenvalue weighted by Crippen LogP contribution is 2.38. The molecular weight excluding hydrogens is 328 g/mol. The number of hydrogen-bond acceptors (Lipinski definition) is 1. The minimum atomic E-state index is -1.16. The Bertz CT molecular complexity index is 692. The van der Waals surface area contributed by atoms with Crippen LogP contribution in [-0.4, -0.2) is 4.98 Å². The van der Waals surface area contributed by atoms with Gasteiger partial charge in [-0.25, -0.2) is 9.37 Å². The molecule has 0 atom stereocenters. The van der Waals surface area contributed by atoms with Gasteiger partial charge in [-0.05, 0) is 54.7 Å². The summed E-state index contributed by atoms with van der Waals surface area (Å²) in [6, 6.07) is 9.12. The number of rotatable bonds is 4. The van der Waals surface area contributed by atoms with Crippen molar-refractivity contribution in [2.24, 2.45) is 5.92 Å². The Balaban J connectivity index is 1.74. The van der Waals surface area contributed by atoms with Crippen LogP contribution in [0.5, 0.6) is 0 Å². The molecule has 1 fully saturated rings. The number of nitrogens with zero attached hydrogens (tertiary/aromatic N) is 1. The third kappa shape index (κ3) is 3.77. The molecule has 0 radical (unpaired) electrons. The molecule has 2 aromatic rings. The standard InChI is InChI=1S/C20H22ClF2N/c1-2-3-13-4-6-14(7-5-13)15-8-10-16(11-9-15)17-12-18(22)20(23)24-19(17)21/h8-14H,2-7H2,1H3. The van der Waals surface area contributed by atoms with Crippen LogP contribution in [0.15, 0.2) is 30.3 Å². The van der Waals surface area contributed by atoms with Crippen molar-refractivity contribution in [3.63, 3.8) is 0 Å². The van der Waals surface area contributed by atoms with E-state index in [0.717, 1.165) is 17.5 Å². The van der Waals surface area contributed by atoms with Gasteiger partial charge in [-0.15, -0.1) is 0 Å². The fourth-order valence-electron chi connectivity index (χ4n) is 3.78. The van der Waals surface area contributed by atoms with Crippen LogP contribution in [-0.2, 0) is 0 Å². The first-order valence-corrected chi connectivity index (χ1v) is 9.08. The summed E-state index contributed by atoms with van der Waals surface area (Å²) in [7, 11) is 0. The average Bonchev–Trinajstić information content (AvgIpc) is 2.59. The Morgan fingerprint density at radius 1 is 1.08 bits per heavy atom. The summed E-state index contributed by atoms with van der Waals surface area (Å²) in [6.07, 6.45) is 7.69. The van der Waals surface area contributed by atoms with E-state index in [1.807, 2.05) is 12.1 Å². The van der Waals surface area contributed by atoms with E-state index in [9.17, 15) is 8.78 Å². The quantitative estimate of drug-likeness (QED) is 0.556. The third-order valence-electron chi connectivity index (χ3n) is 5.12. The highest BCUT2D eigenvalue weighted by atomic mass is 35.5. The molecule has 1 aliphatic rings. The van der Waals surface area contributed by atoms with Crippen LogP contribution in [0.2, 0.25) is 5.15 Å². The van der Waals surface area contributed by atoms with Crippen molar-refractivity contribution < 1.29 is 8.78 Å². The van der Waals surface area contributed by atoms with E-state index in [2.05, 4.69) is 24.0 Å². The van der Waals surface area contributed by atoms with Gasteiger partial charge >= 0.3 is 0 Å². The van der Waals surface area contributed by atoms with Gasteiger partial charge in [0.2, 0.25) is 5.95 Å². The number of aromatic nitrogens is 1. The molecule has 1 aromatic heterocycles. The van der Waals surface area contributed by atoms with Crippen molar-refractivity contribution in [1.29, 1.82) is 0 Å². The van der Waals surface area contributed by atoms with Gasteiger partial charge in [0.15, 0.2) is 5.82 Å². The Labute approximate surface area is 147 Å². The van der Waals surface area contributed by atoms with Gasteiger partial charge in [0.1, 0.15) is 5.15 Å². The second-order valence-corrected chi connectivity index (χ2v) is 7.09. The minimum absolute atomic E-state index is 0.0123. The van der Waals surface area contributed by atoms with E-state index >= 15 is 0 Å². The summed E-state index contributed by atoms with van der Waals surface area (Å²) in [5, 5.41) is -0.0123. The summed E-state index contributed by atoms with van der Waals surface area (Å²) in [5.41, 5.74) is 2.50. The molecule has 1 aliphatic carbocycles. The molecule has 1 nitrogen and oxygen atoms in total. The summed E-state index contributed by atoms with van der Waals surface area (Å²) in [4.78, 5) is 3.41. The second kappa shape index (κ2) is 7.60. The topological polar surface area (TPSA) is 12.9 Å². The largest absolute Gasteiger partial charge is 0.250 e. The Kier molecular flexibility index (Phi) is 5.50. The third-order valence-corrected chi connectivity index (χ3v) is 5.41. The van der Waals surface area contributed by atoms with Crippen molar-refractivity contribution >= 4 is 11.6 Å². The van der Waals surface area contributed by atoms with Crippen LogP contribution in [0.4, 0.5) is 8.78 Å². The Hall–Kier alpha value is -1.48. The molecule has 1 aromatic carbocycles. The molecule has 1 heterocycles. The number of halogens is 3. The van der Waals surface area contributed by atoms with E-state index in [0.29, 0.717) is 11.5 Å². The second-order valence-electron chi connectivity index (χ2n) is 6.73. The van der Waals surface area contributed by atoms with Gasteiger partial charge in [0, 0.05) is 5.56 Å². The predicted octanol–water partition coefficient (Wildman–Crippen LogP) is 6.75. The van der Waals surface area contributed by atoms with Crippen LogP contribution in [0.25, 0.3) is 11.1 Å². The summed E-state index contributed by atoms with van der Waals surface area (Å²) in [6.45, 7) is 2.25. The van der Waals surface area contributed by atoms with Crippen molar-refractivity contribution in [3.8, 4) is 11.1 Å². The smallest absolute Gasteiger partial charge is 0.205 e. The van der Waals surface area contributed by atoms with Crippen LogP contribution in [0.1, 0.15) is 56.9 Å². The van der Waals surface area contributed by atoms with Crippen LogP contribution >= 0.6 is 11.6 Å². The first-order chi connectivity index (χ1) is 11.6. The maximum atomic E-state index is 13.4. The molecule has 0 N–H and O–H groups in total. The number of hydrogen-bond donors (Lipinski definition) is 0. The van der Waals surface area contributed by atoms with Crippen molar-refractivity contribution in [3.05, 3.63) is 52.8 Å². The number of benzene rings is 1. The van der Waals surface area contributed by atoms with Gasteiger partial charge in [0.05, 0.1) is 0 Å². The van der Waals surface area contributed by atoms with Crippen molar-refractivity contribution in [2.45, 2.75) is 51.4 Å². The molecule has 0 unspecified atom stereocenters. The normalized spacial score (nSPS) is 21.0. The zero-order valence-corrected chi connectivity index (χ0v) is 14.6. The first kappa shape index (κ1) is 17.3. The zero-order chi connectivity index (χ0) is 17.1. The van der Waals surface area contributed by atoms with Crippen molar-refractivity contribution in [1.82, 2.24) is 4.98 Å². The maximum absolute atomic E-state index is 13.4. The molecule has 0 bridgehead atoms. The molecule has 0 spiro atoms. The molecule has 0 saturated heterocycles. The van der Waals surface area contributed by atoms with Crippen LogP contribution < -0.4 is 0 Å². The van der Waals surface area contributed by atoms with Gasteiger partial charge in [0.25, 0.3) is 0 Å². The monoisotopic (exact) mass is 349 g/mol. The fourth-order valence-corrected chi connectivity index (χ4v) is 4.01. The molecule has 128 valence electrons. The lowest BCUT2D eigenvalue weighted by atomic mass is 9.77. The molecular formula is C20H22ClF2N. The van der Waals surface area contributed by atoms with E-state index < -0.39 is 11.8 Å². The van der Waals surface area contributed by atoms with Crippen molar-refractivity contribution in [2.75, 3.05) is 0 Å².